The fourth-order valence-electron chi connectivity index (χ4n) is 2.07. The molecule has 0 spiro atoms. The van der Waals surface area contributed by atoms with Crippen LogP contribution in [-0.4, -0.2) is 20.7 Å². The van der Waals surface area contributed by atoms with Crippen molar-refractivity contribution in [1.82, 2.24) is 14.8 Å². The molecule has 1 aromatic carbocycles. The van der Waals surface area contributed by atoms with Crippen LogP contribution in [0.4, 0.5) is 5.82 Å². The van der Waals surface area contributed by atoms with Crippen LogP contribution in [0, 0.1) is 0 Å². The van der Waals surface area contributed by atoms with Crippen molar-refractivity contribution in [3.63, 3.8) is 0 Å². The average molecular weight is 254 g/mol. The summed E-state index contributed by atoms with van der Waals surface area (Å²) in [4.78, 5) is 15.3. The second-order valence-electron chi connectivity index (χ2n) is 4.26. The van der Waals surface area contributed by atoms with E-state index < -0.39 is 0 Å². The highest BCUT2D eigenvalue weighted by Crippen LogP contribution is 2.16. The molecule has 0 atom stereocenters. The number of carbonyl (C=O) groups is 1. The molecule has 5 heteroatoms. The van der Waals surface area contributed by atoms with Crippen molar-refractivity contribution in [2.45, 2.75) is 13.5 Å². The van der Waals surface area contributed by atoms with E-state index in [9.17, 15) is 4.79 Å². The van der Waals surface area contributed by atoms with Crippen molar-refractivity contribution in [2.24, 2.45) is 0 Å². The van der Waals surface area contributed by atoms with Gasteiger partial charge in [0, 0.05) is 23.5 Å². The molecule has 0 aliphatic carbocycles. The monoisotopic (exact) mass is 254 g/mol. The molecule has 0 fully saturated rings. The fraction of sp³-hybridized carbons (Fsp3) is 0.143. The first-order chi connectivity index (χ1) is 9.28. The first-order valence-electron chi connectivity index (χ1n) is 6.19. The predicted molar refractivity (Wildman–Crippen MR) is 74.2 cm³/mol. The molecule has 19 heavy (non-hydrogen) atoms. The van der Waals surface area contributed by atoms with Crippen molar-refractivity contribution in [1.29, 1.82) is 0 Å². The van der Waals surface area contributed by atoms with E-state index in [1.807, 2.05) is 37.3 Å². The quantitative estimate of drug-likeness (QED) is 0.754. The summed E-state index contributed by atoms with van der Waals surface area (Å²) in [5.41, 5.74) is 1.50. The lowest BCUT2D eigenvalue weighted by Gasteiger charge is -2.05. The van der Waals surface area contributed by atoms with E-state index >= 15 is 0 Å². The number of hydrogen-bond donors (Lipinski definition) is 2. The molecule has 0 saturated heterocycles. The van der Waals surface area contributed by atoms with Crippen LogP contribution in [-0.2, 0) is 6.54 Å². The minimum absolute atomic E-state index is 0.161. The molecule has 2 aromatic heterocycles. The van der Waals surface area contributed by atoms with Gasteiger partial charge < -0.3 is 10.3 Å². The molecule has 0 bridgehead atoms. The maximum atomic E-state index is 12.2. The Morgan fingerprint density at radius 1 is 1.37 bits per heavy atom. The Bertz CT molecular complexity index is 693. The van der Waals surface area contributed by atoms with Crippen LogP contribution < -0.4 is 5.32 Å². The third-order valence-corrected chi connectivity index (χ3v) is 3.03. The standard InChI is InChI=1S/C14H14N4O/c1-2-18-13(7-8-15-18)17-14(19)12-9-10-5-3-4-6-11(10)16-12/h3-9,16H,2H2,1H3,(H,17,19). The summed E-state index contributed by atoms with van der Waals surface area (Å²) in [6, 6.07) is 11.4. The molecule has 3 rings (SSSR count). The largest absolute Gasteiger partial charge is 0.351 e. The SMILES string of the molecule is CCn1nccc1NC(=O)c1cc2ccccc2[nH]1. The number of amides is 1. The molecule has 1 amide bonds. The lowest BCUT2D eigenvalue weighted by Crippen LogP contribution is -2.15. The molecule has 2 N–H and O–H groups in total. The third kappa shape index (κ3) is 2.10. The molecule has 2 heterocycles. The van der Waals surface area contributed by atoms with E-state index in [1.54, 1.807) is 16.9 Å². The number of aromatic amines is 1. The number of para-hydroxylation sites is 1. The minimum Gasteiger partial charge on any atom is -0.351 e. The van der Waals surface area contributed by atoms with E-state index in [-0.39, 0.29) is 5.91 Å². The third-order valence-electron chi connectivity index (χ3n) is 3.03. The zero-order valence-corrected chi connectivity index (χ0v) is 10.6. The van der Waals surface area contributed by atoms with Gasteiger partial charge in [-0.15, -0.1) is 0 Å². The van der Waals surface area contributed by atoms with Gasteiger partial charge in [0.2, 0.25) is 0 Å². The summed E-state index contributed by atoms with van der Waals surface area (Å²) in [5.74, 6) is 0.539. The van der Waals surface area contributed by atoms with Crippen LogP contribution in [0.2, 0.25) is 0 Å². The highest BCUT2D eigenvalue weighted by atomic mass is 16.2. The number of carbonyl (C=O) groups excluding carboxylic acids is 1. The van der Waals surface area contributed by atoms with Crippen LogP contribution in [0.5, 0.6) is 0 Å². The maximum Gasteiger partial charge on any atom is 0.273 e. The molecule has 96 valence electrons. The summed E-state index contributed by atoms with van der Waals surface area (Å²) in [6.07, 6.45) is 1.67. The molecule has 0 aliphatic heterocycles. The van der Waals surface area contributed by atoms with Gasteiger partial charge in [0.15, 0.2) is 0 Å². The normalized spacial score (nSPS) is 10.8. The van der Waals surface area contributed by atoms with Gasteiger partial charge in [-0.05, 0) is 19.1 Å². The summed E-state index contributed by atoms with van der Waals surface area (Å²) >= 11 is 0. The van der Waals surface area contributed by atoms with Gasteiger partial charge in [0.1, 0.15) is 11.5 Å². The first-order valence-corrected chi connectivity index (χ1v) is 6.19. The molecule has 5 nitrogen and oxygen atoms in total. The predicted octanol–water partition coefficient (Wildman–Crippen LogP) is 2.64. The highest BCUT2D eigenvalue weighted by Gasteiger charge is 2.11. The van der Waals surface area contributed by atoms with Gasteiger partial charge in [-0.3, -0.25) is 4.79 Å². The first kappa shape index (κ1) is 11.5. The van der Waals surface area contributed by atoms with Gasteiger partial charge in [0.25, 0.3) is 5.91 Å². The Kier molecular flexibility index (Phi) is 2.79. The number of aromatic nitrogens is 3. The smallest absolute Gasteiger partial charge is 0.273 e. The molecule has 0 unspecified atom stereocenters. The Balaban J connectivity index is 1.87. The molecule has 0 radical (unpaired) electrons. The van der Waals surface area contributed by atoms with E-state index in [0.717, 1.165) is 17.4 Å². The van der Waals surface area contributed by atoms with Crippen LogP contribution in [0.25, 0.3) is 10.9 Å². The number of hydrogen-bond acceptors (Lipinski definition) is 2. The maximum absolute atomic E-state index is 12.2. The second-order valence-corrected chi connectivity index (χ2v) is 4.26. The lowest BCUT2D eigenvalue weighted by molar-refractivity contribution is 0.102. The second kappa shape index (κ2) is 4.61. The van der Waals surface area contributed by atoms with E-state index in [1.165, 1.54) is 0 Å². The van der Waals surface area contributed by atoms with Gasteiger partial charge in [-0.2, -0.15) is 5.10 Å². The number of benzene rings is 1. The summed E-state index contributed by atoms with van der Waals surface area (Å²) in [6.45, 7) is 2.70. The van der Waals surface area contributed by atoms with Crippen LogP contribution in [0.1, 0.15) is 17.4 Å². The number of rotatable bonds is 3. The van der Waals surface area contributed by atoms with Crippen molar-refractivity contribution in [3.8, 4) is 0 Å². The Labute approximate surface area is 110 Å². The summed E-state index contributed by atoms with van der Waals surface area (Å²) in [5, 5.41) is 7.99. The van der Waals surface area contributed by atoms with Crippen molar-refractivity contribution < 1.29 is 4.79 Å². The Morgan fingerprint density at radius 3 is 3.00 bits per heavy atom. The number of fused-ring (bicyclic) bond motifs is 1. The number of nitrogens with zero attached hydrogens (tertiary/aromatic N) is 2. The molecular weight excluding hydrogens is 240 g/mol. The zero-order chi connectivity index (χ0) is 13.2. The molecule has 0 saturated carbocycles. The topological polar surface area (TPSA) is 62.7 Å². The molecular formula is C14H14N4O. The average Bonchev–Trinajstić information content (AvgIpc) is 3.03. The number of aryl methyl sites for hydroxylation is 1. The van der Waals surface area contributed by atoms with E-state index in [4.69, 9.17) is 0 Å². The number of anilines is 1. The van der Waals surface area contributed by atoms with Crippen LogP contribution in [0.15, 0.2) is 42.6 Å². The van der Waals surface area contributed by atoms with Gasteiger partial charge in [-0.25, -0.2) is 4.68 Å². The number of nitrogens with one attached hydrogen (secondary N) is 2. The van der Waals surface area contributed by atoms with Gasteiger partial charge >= 0.3 is 0 Å². The van der Waals surface area contributed by atoms with Crippen molar-refractivity contribution >= 4 is 22.6 Å². The molecule has 3 aromatic rings. The minimum atomic E-state index is -0.161. The number of H-pyrrole nitrogens is 1. The van der Waals surface area contributed by atoms with E-state index in [2.05, 4.69) is 15.4 Å². The lowest BCUT2D eigenvalue weighted by atomic mass is 10.2. The van der Waals surface area contributed by atoms with Gasteiger partial charge in [0.05, 0.1) is 6.20 Å². The van der Waals surface area contributed by atoms with Crippen LogP contribution >= 0.6 is 0 Å². The highest BCUT2D eigenvalue weighted by molar-refractivity contribution is 6.05. The van der Waals surface area contributed by atoms with Crippen molar-refractivity contribution in [3.05, 3.63) is 48.3 Å². The Hall–Kier alpha value is -2.56. The zero-order valence-electron chi connectivity index (χ0n) is 10.6. The fourth-order valence-corrected chi connectivity index (χ4v) is 2.07. The van der Waals surface area contributed by atoms with Gasteiger partial charge in [-0.1, -0.05) is 18.2 Å². The van der Waals surface area contributed by atoms with Crippen molar-refractivity contribution in [2.75, 3.05) is 5.32 Å². The summed E-state index contributed by atoms with van der Waals surface area (Å²) < 4.78 is 1.74. The van der Waals surface area contributed by atoms with Crippen LogP contribution in [0.3, 0.4) is 0 Å². The van der Waals surface area contributed by atoms with E-state index in [0.29, 0.717) is 11.5 Å². The Morgan fingerprint density at radius 2 is 2.21 bits per heavy atom. The molecule has 0 aliphatic rings. The summed E-state index contributed by atoms with van der Waals surface area (Å²) in [7, 11) is 0.